The third kappa shape index (κ3) is 4.96. The molecular formula is C5H9NO3. The third-order valence-electron chi connectivity index (χ3n) is 0.846. The smallest absolute Gasteiger partial charge is 0.303 e. The van der Waals surface area contributed by atoms with E-state index in [4.69, 9.17) is 15.6 Å². The van der Waals surface area contributed by atoms with Gasteiger partial charge in [-0.1, -0.05) is 0 Å². The lowest BCUT2D eigenvalue weighted by atomic mass is 10.2. The van der Waals surface area contributed by atoms with Crippen molar-refractivity contribution >= 4 is 12.2 Å². The summed E-state index contributed by atoms with van der Waals surface area (Å²) < 4.78 is 0. The molecule has 0 unspecified atom stereocenters. The Morgan fingerprint density at radius 3 is 2.67 bits per heavy atom. The van der Waals surface area contributed by atoms with E-state index in [1.54, 1.807) is 0 Å². The highest BCUT2D eigenvalue weighted by Gasteiger charge is 2.02. The number of aliphatic hydroxyl groups excluding tert-OH is 1. The molecule has 0 aliphatic carbocycles. The maximum absolute atomic E-state index is 9.83. The summed E-state index contributed by atoms with van der Waals surface area (Å²) in [5.74, 6) is -0.948. The molecule has 1 atom stereocenters. The van der Waals surface area contributed by atoms with Gasteiger partial charge in [0.05, 0.1) is 6.10 Å². The SMILES string of the molecule is N=C[C@@H](O)CCC(=O)O. The van der Waals surface area contributed by atoms with Gasteiger partial charge in [-0.15, -0.1) is 0 Å². The Hall–Kier alpha value is -0.900. The summed E-state index contributed by atoms with van der Waals surface area (Å²) in [4.78, 5) is 9.83. The fourth-order valence-electron chi connectivity index (χ4n) is 0.355. The lowest BCUT2D eigenvalue weighted by Gasteiger charge is -1.98. The number of nitrogens with one attached hydrogen (secondary N) is 1. The molecule has 0 heterocycles. The molecule has 0 aliphatic rings. The van der Waals surface area contributed by atoms with Gasteiger partial charge in [0.2, 0.25) is 0 Å². The van der Waals surface area contributed by atoms with E-state index in [2.05, 4.69) is 0 Å². The van der Waals surface area contributed by atoms with Crippen LogP contribution in [0.15, 0.2) is 0 Å². The van der Waals surface area contributed by atoms with E-state index in [1.807, 2.05) is 0 Å². The van der Waals surface area contributed by atoms with Crippen molar-refractivity contribution in [1.82, 2.24) is 0 Å². The third-order valence-corrected chi connectivity index (χ3v) is 0.846. The van der Waals surface area contributed by atoms with E-state index in [1.165, 1.54) is 0 Å². The standard InChI is InChI=1S/C5H9NO3/c6-3-4(7)1-2-5(8)9/h3-4,6-7H,1-2H2,(H,8,9)/t4-/m0/s1. The fourth-order valence-corrected chi connectivity index (χ4v) is 0.355. The van der Waals surface area contributed by atoms with Crippen LogP contribution in [0.5, 0.6) is 0 Å². The first-order valence-corrected chi connectivity index (χ1v) is 2.57. The van der Waals surface area contributed by atoms with Crippen molar-refractivity contribution in [1.29, 1.82) is 5.41 Å². The van der Waals surface area contributed by atoms with Crippen molar-refractivity contribution in [2.45, 2.75) is 18.9 Å². The van der Waals surface area contributed by atoms with Crippen molar-refractivity contribution < 1.29 is 15.0 Å². The highest BCUT2D eigenvalue weighted by molar-refractivity contribution is 5.68. The van der Waals surface area contributed by atoms with Crippen LogP contribution in [-0.4, -0.2) is 28.5 Å². The lowest BCUT2D eigenvalue weighted by Crippen LogP contribution is -2.09. The van der Waals surface area contributed by atoms with Gasteiger partial charge in [0.15, 0.2) is 0 Å². The first-order chi connectivity index (χ1) is 4.16. The van der Waals surface area contributed by atoms with Crippen LogP contribution in [-0.2, 0) is 4.79 Å². The van der Waals surface area contributed by atoms with E-state index in [-0.39, 0.29) is 12.8 Å². The predicted molar refractivity (Wildman–Crippen MR) is 31.7 cm³/mol. The van der Waals surface area contributed by atoms with Crippen LogP contribution >= 0.6 is 0 Å². The molecule has 0 aromatic rings. The van der Waals surface area contributed by atoms with Crippen LogP contribution in [0, 0.1) is 5.41 Å². The van der Waals surface area contributed by atoms with Gasteiger partial charge in [0.25, 0.3) is 0 Å². The molecule has 52 valence electrons. The predicted octanol–water partition coefficient (Wildman–Crippen LogP) is -0.138. The van der Waals surface area contributed by atoms with Crippen molar-refractivity contribution in [2.75, 3.05) is 0 Å². The molecule has 0 saturated heterocycles. The van der Waals surface area contributed by atoms with Crippen LogP contribution in [0.3, 0.4) is 0 Å². The molecule has 0 spiro atoms. The van der Waals surface area contributed by atoms with Crippen LogP contribution in [0.2, 0.25) is 0 Å². The molecule has 0 bridgehead atoms. The van der Waals surface area contributed by atoms with Crippen molar-refractivity contribution in [3.05, 3.63) is 0 Å². The zero-order chi connectivity index (χ0) is 7.28. The van der Waals surface area contributed by atoms with E-state index in [0.29, 0.717) is 0 Å². The van der Waals surface area contributed by atoms with Crippen molar-refractivity contribution in [3.8, 4) is 0 Å². The van der Waals surface area contributed by atoms with E-state index in [0.717, 1.165) is 6.21 Å². The minimum atomic E-state index is -0.948. The van der Waals surface area contributed by atoms with Gasteiger partial charge in [-0.25, -0.2) is 0 Å². The zero-order valence-corrected chi connectivity index (χ0v) is 4.87. The summed E-state index contributed by atoms with van der Waals surface area (Å²) in [7, 11) is 0. The van der Waals surface area contributed by atoms with Crippen LogP contribution in [0.1, 0.15) is 12.8 Å². The average Bonchev–Trinajstić information content (AvgIpc) is 1.83. The number of carbonyl (C=O) groups is 1. The Bertz CT molecular complexity index is 113. The second-order valence-electron chi connectivity index (χ2n) is 1.67. The van der Waals surface area contributed by atoms with Gasteiger partial charge in [-0.3, -0.25) is 4.79 Å². The Balaban J connectivity index is 3.26. The molecule has 0 fully saturated rings. The average molecular weight is 131 g/mol. The molecule has 3 N–H and O–H groups in total. The molecular weight excluding hydrogens is 122 g/mol. The number of rotatable bonds is 4. The van der Waals surface area contributed by atoms with Crippen molar-refractivity contribution in [3.63, 3.8) is 0 Å². The first kappa shape index (κ1) is 8.10. The highest BCUT2D eigenvalue weighted by Crippen LogP contribution is 1.92. The highest BCUT2D eigenvalue weighted by atomic mass is 16.4. The minimum absolute atomic E-state index is 0.0868. The summed E-state index contributed by atoms with van der Waals surface area (Å²) in [5.41, 5.74) is 0. The van der Waals surface area contributed by atoms with Gasteiger partial charge in [-0.05, 0) is 6.42 Å². The quantitative estimate of drug-likeness (QED) is 0.464. The minimum Gasteiger partial charge on any atom is -0.481 e. The molecule has 0 radical (unpaired) electrons. The molecule has 4 heteroatoms. The maximum atomic E-state index is 9.83. The Labute approximate surface area is 52.6 Å². The van der Waals surface area contributed by atoms with Crippen molar-refractivity contribution in [2.24, 2.45) is 0 Å². The van der Waals surface area contributed by atoms with E-state index < -0.39 is 12.1 Å². The number of carboxylic acid groups (broad SMARTS) is 1. The van der Waals surface area contributed by atoms with E-state index in [9.17, 15) is 4.79 Å². The summed E-state index contributed by atoms with van der Waals surface area (Å²) in [6, 6.07) is 0. The van der Waals surface area contributed by atoms with E-state index >= 15 is 0 Å². The zero-order valence-electron chi connectivity index (χ0n) is 4.87. The second kappa shape index (κ2) is 4.03. The Morgan fingerprint density at radius 1 is 1.78 bits per heavy atom. The monoisotopic (exact) mass is 131 g/mol. The number of aliphatic hydroxyl groups is 1. The second-order valence-corrected chi connectivity index (χ2v) is 1.67. The summed E-state index contributed by atoms with van der Waals surface area (Å²) in [5, 5.41) is 23.2. The molecule has 9 heavy (non-hydrogen) atoms. The number of hydrogen-bond acceptors (Lipinski definition) is 3. The van der Waals surface area contributed by atoms with Gasteiger partial charge >= 0.3 is 5.97 Å². The largest absolute Gasteiger partial charge is 0.481 e. The summed E-state index contributed by atoms with van der Waals surface area (Å²) in [6.07, 6.45) is -0.0423. The van der Waals surface area contributed by atoms with Gasteiger partial charge < -0.3 is 15.6 Å². The number of carboxylic acids is 1. The molecule has 0 aromatic carbocycles. The normalized spacial score (nSPS) is 12.6. The summed E-state index contributed by atoms with van der Waals surface area (Å²) in [6.45, 7) is 0. The van der Waals surface area contributed by atoms with Gasteiger partial charge in [0.1, 0.15) is 0 Å². The Kier molecular flexibility index (Phi) is 3.62. The topological polar surface area (TPSA) is 81.4 Å². The molecule has 0 amide bonds. The van der Waals surface area contributed by atoms with Crippen LogP contribution in [0.4, 0.5) is 0 Å². The maximum Gasteiger partial charge on any atom is 0.303 e. The molecule has 0 rings (SSSR count). The van der Waals surface area contributed by atoms with Gasteiger partial charge in [-0.2, -0.15) is 0 Å². The lowest BCUT2D eigenvalue weighted by molar-refractivity contribution is -0.137. The van der Waals surface area contributed by atoms with Crippen LogP contribution in [0.25, 0.3) is 0 Å². The van der Waals surface area contributed by atoms with Crippen LogP contribution < -0.4 is 0 Å². The molecule has 4 nitrogen and oxygen atoms in total. The Morgan fingerprint density at radius 2 is 2.33 bits per heavy atom. The molecule has 0 aromatic heterocycles. The fraction of sp³-hybridized carbons (Fsp3) is 0.600. The number of aliphatic carboxylic acids is 1. The molecule has 0 aliphatic heterocycles. The van der Waals surface area contributed by atoms with Gasteiger partial charge in [0, 0.05) is 12.6 Å². The summed E-state index contributed by atoms with van der Waals surface area (Å²) >= 11 is 0. The molecule has 0 saturated carbocycles. The first-order valence-electron chi connectivity index (χ1n) is 2.57. The number of hydrogen-bond donors (Lipinski definition) is 3.